The number of halogens is 10. The summed E-state index contributed by atoms with van der Waals surface area (Å²) in [6.07, 6.45) is -12.2. The van der Waals surface area contributed by atoms with Crippen LogP contribution in [0.15, 0.2) is 0 Å². The molecular weight excluding hydrogens is 396 g/mol. The van der Waals surface area contributed by atoms with Gasteiger partial charge in [0.05, 0.1) is 6.61 Å². The highest BCUT2D eigenvalue weighted by atomic mass is 19.4. The lowest BCUT2D eigenvalue weighted by molar-refractivity contribution is -0.280. The molecule has 0 unspecified atom stereocenters. The Labute approximate surface area is 139 Å². The Morgan fingerprint density at radius 3 is 1.62 bits per heavy atom. The maximum Gasteiger partial charge on any atom is 0.465 e. The summed E-state index contributed by atoms with van der Waals surface area (Å²) in [4.78, 5) is 21.3. The van der Waals surface area contributed by atoms with Crippen molar-refractivity contribution in [2.75, 3.05) is 13.2 Å². The number of ether oxygens (including phenoxy) is 1. The number of carbonyl (C=O) groups excluding carboxylic acids is 2. The van der Waals surface area contributed by atoms with Crippen LogP contribution in [-0.4, -0.2) is 49.2 Å². The van der Waals surface area contributed by atoms with Crippen LogP contribution in [-0.2, 0) is 14.3 Å². The molecule has 1 N–H and O–H groups in total. The number of carbonyl (C=O) groups is 2. The standard InChI is InChI=1S/C12H13F10NO3/c13-9(14,11(17,18)19)7(24)23-5-3-1-2-4-6-26-8(25)10(15,16)12(20,21)22/h1-6H2,(H,23,24). The molecule has 0 saturated carbocycles. The Morgan fingerprint density at radius 1 is 0.692 bits per heavy atom. The topological polar surface area (TPSA) is 55.4 Å². The van der Waals surface area contributed by atoms with Crippen LogP contribution in [0.1, 0.15) is 25.7 Å². The minimum Gasteiger partial charge on any atom is -0.461 e. The summed E-state index contributed by atoms with van der Waals surface area (Å²) in [6.45, 7) is -1.32. The number of nitrogens with one attached hydrogen (secondary N) is 1. The maximum atomic E-state index is 12.5. The van der Waals surface area contributed by atoms with Crippen molar-refractivity contribution in [3.63, 3.8) is 0 Å². The Hall–Kier alpha value is -1.76. The number of alkyl halides is 10. The first-order valence-corrected chi connectivity index (χ1v) is 6.89. The smallest absolute Gasteiger partial charge is 0.461 e. The molecule has 0 fully saturated rings. The second kappa shape index (κ2) is 8.75. The molecule has 0 aliphatic rings. The van der Waals surface area contributed by atoms with Crippen molar-refractivity contribution in [2.45, 2.75) is 49.9 Å². The van der Waals surface area contributed by atoms with E-state index in [0.717, 1.165) is 0 Å². The Bertz CT molecular complexity index is 443. The van der Waals surface area contributed by atoms with Gasteiger partial charge < -0.3 is 10.1 Å². The van der Waals surface area contributed by atoms with Gasteiger partial charge in [0.1, 0.15) is 0 Å². The molecule has 0 radical (unpaired) electrons. The van der Waals surface area contributed by atoms with Gasteiger partial charge in [0.2, 0.25) is 0 Å². The van der Waals surface area contributed by atoms with Crippen molar-refractivity contribution in [1.82, 2.24) is 5.32 Å². The van der Waals surface area contributed by atoms with Crippen molar-refractivity contribution in [1.29, 1.82) is 0 Å². The highest BCUT2D eigenvalue weighted by molar-refractivity contribution is 5.84. The van der Waals surface area contributed by atoms with E-state index in [1.165, 1.54) is 5.32 Å². The fourth-order valence-electron chi connectivity index (χ4n) is 1.39. The number of hydrogen-bond acceptors (Lipinski definition) is 3. The average molecular weight is 409 g/mol. The van der Waals surface area contributed by atoms with E-state index >= 15 is 0 Å². The molecule has 0 spiro atoms. The van der Waals surface area contributed by atoms with Crippen molar-refractivity contribution >= 4 is 11.9 Å². The van der Waals surface area contributed by atoms with Crippen molar-refractivity contribution in [3.05, 3.63) is 0 Å². The third kappa shape index (κ3) is 6.52. The molecule has 0 aromatic carbocycles. The summed E-state index contributed by atoms with van der Waals surface area (Å²) in [5, 5.41) is 1.36. The lowest BCUT2D eigenvalue weighted by Crippen LogP contribution is -2.50. The lowest BCUT2D eigenvalue weighted by atomic mass is 10.2. The van der Waals surface area contributed by atoms with Crippen LogP contribution in [0.5, 0.6) is 0 Å². The van der Waals surface area contributed by atoms with E-state index in [1.807, 2.05) is 0 Å². The molecule has 0 bridgehead atoms. The number of unbranched alkanes of at least 4 members (excludes halogenated alkanes) is 3. The van der Waals surface area contributed by atoms with E-state index in [0.29, 0.717) is 0 Å². The van der Waals surface area contributed by atoms with Crippen molar-refractivity contribution < 1.29 is 58.2 Å². The molecular formula is C12H13F10NO3. The van der Waals surface area contributed by atoms with Crippen LogP contribution in [0.4, 0.5) is 43.9 Å². The van der Waals surface area contributed by atoms with Gasteiger partial charge in [-0.05, 0) is 19.3 Å². The molecule has 26 heavy (non-hydrogen) atoms. The third-order valence-corrected chi connectivity index (χ3v) is 2.84. The zero-order valence-electron chi connectivity index (χ0n) is 12.7. The van der Waals surface area contributed by atoms with Gasteiger partial charge in [-0.1, -0.05) is 6.42 Å². The van der Waals surface area contributed by atoms with Crippen LogP contribution in [0, 0.1) is 0 Å². The van der Waals surface area contributed by atoms with Crippen molar-refractivity contribution in [3.8, 4) is 0 Å². The highest BCUT2D eigenvalue weighted by Gasteiger charge is 2.65. The second-order valence-electron chi connectivity index (χ2n) is 4.95. The van der Waals surface area contributed by atoms with Gasteiger partial charge >= 0.3 is 30.2 Å². The average Bonchev–Trinajstić information content (AvgIpc) is 2.46. The molecule has 0 aliphatic heterocycles. The SMILES string of the molecule is O=C(NCCCCCCOC(=O)C(F)(F)C(F)(F)F)C(F)(F)C(F)(F)F. The number of rotatable bonds is 9. The number of esters is 1. The minimum atomic E-state index is -6.10. The van der Waals surface area contributed by atoms with Gasteiger partial charge in [0.25, 0.3) is 5.91 Å². The molecule has 1 amide bonds. The largest absolute Gasteiger partial charge is 0.465 e. The van der Waals surface area contributed by atoms with Gasteiger partial charge in [-0.3, -0.25) is 4.79 Å². The van der Waals surface area contributed by atoms with Crippen LogP contribution in [0.25, 0.3) is 0 Å². The van der Waals surface area contributed by atoms with E-state index in [2.05, 4.69) is 4.74 Å². The van der Waals surface area contributed by atoms with E-state index in [9.17, 15) is 53.5 Å². The first kappa shape index (κ1) is 24.2. The zero-order chi connectivity index (χ0) is 20.8. The quantitative estimate of drug-likeness (QED) is 0.360. The molecule has 0 aromatic heterocycles. The van der Waals surface area contributed by atoms with Gasteiger partial charge in [-0.15, -0.1) is 0 Å². The molecule has 154 valence electrons. The van der Waals surface area contributed by atoms with Gasteiger partial charge in [-0.25, -0.2) is 4.79 Å². The molecule has 0 atom stereocenters. The maximum absolute atomic E-state index is 12.5. The summed E-state index contributed by atoms with van der Waals surface area (Å²) >= 11 is 0. The summed E-state index contributed by atoms with van der Waals surface area (Å²) in [7, 11) is 0. The number of amides is 1. The first-order valence-electron chi connectivity index (χ1n) is 6.89. The predicted molar refractivity (Wildman–Crippen MR) is 64.4 cm³/mol. The Morgan fingerprint density at radius 2 is 1.15 bits per heavy atom. The molecule has 0 heterocycles. The molecule has 0 saturated heterocycles. The normalized spacial score (nSPS) is 13.5. The summed E-state index contributed by atoms with van der Waals surface area (Å²) in [6, 6.07) is 0. The molecule has 0 aliphatic carbocycles. The van der Waals surface area contributed by atoms with Gasteiger partial charge in [0.15, 0.2) is 0 Å². The lowest BCUT2D eigenvalue weighted by Gasteiger charge is -2.18. The molecule has 14 heteroatoms. The van der Waals surface area contributed by atoms with E-state index in [1.54, 1.807) is 0 Å². The highest BCUT2D eigenvalue weighted by Crippen LogP contribution is 2.36. The minimum absolute atomic E-state index is 0.0659. The molecule has 4 nitrogen and oxygen atoms in total. The molecule has 0 rings (SSSR count). The van der Waals surface area contributed by atoms with Gasteiger partial charge in [-0.2, -0.15) is 43.9 Å². The zero-order valence-corrected chi connectivity index (χ0v) is 12.7. The molecule has 0 aromatic rings. The van der Waals surface area contributed by atoms with Gasteiger partial charge in [0, 0.05) is 6.54 Å². The fraction of sp³-hybridized carbons (Fsp3) is 0.833. The number of hydrogen-bond donors (Lipinski definition) is 1. The van der Waals surface area contributed by atoms with Crippen LogP contribution in [0.2, 0.25) is 0 Å². The predicted octanol–water partition coefficient (Wildman–Crippen LogP) is 3.60. The van der Waals surface area contributed by atoms with Crippen LogP contribution >= 0.6 is 0 Å². The van der Waals surface area contributed by atoms with E-state index < -0.39 is 49.2 Å². The first-order chi connectivity index (χ1) is 11.5. The summed E-state index contributed by atoms with van der Waals surface area (Å²) in [5.41, 5.74) is 0. The fourth-order valence-corrected chi connectivity index (χ4v) is 1.39. The van der Waals surface area contributed by atoms with Crippen LogP contribution < -0.4 is 5.32 Å². The monoisotopic (exact) mass is 409 g/mol. The summed E-state index contributed by atoms with van der Waals surface area (Å²) in [5.74, 6) is -16.5. The van der Waals surface area contributed by atoms with E-state index in [-0.39, 0.29) is 25.7 Å². The summed E-state index contributed by atoms with van der Waals surface area (Å²) < 4.78 is 125. The Kier molecular flexibility index (Phi) is 8.16. The van der Waals surface area contributed by atoms with Crippen molar-refractivity contribution in [2.24, 2.45) is 0 Å². The second-order valence-corrected chi connectivity index (χ2v) is 4.95. The van der Waals surface area contributed by atoms with Crippen LogP contribution in [0.3, 0.4) is 0 Å². The van der Waals surface area contributed by atoms with E-state index in [4.69, 9.17) is 0 Å². The third-order valence-electron chi connectivity index (χ3n) is 2.84. The Balaban J connectivity index is 3.94.